The molecule has 1 fully saturated rings. The van der Waals surface area contributed by atoms with Crippen LogP contribution in [0.2, 0.25) is 0 Å². The minimum atomic E-state index is 0.563. The molecule has 0 aromatic carbocycles. The van der Waals surface area contributed by atoms with E-state index in [2.05, 4.69) is 37.3 Å². The van der Waals surface area contributed by atoms with Crippen molar-refractivity contribution in [1.82, 2.24) is 15.1 Å². The molecular weight excluding hydrogens is 258 g/mol. The van der Waals surface area contributed by atoms with Crippen molar-refractivity contribution in [1.29, 1.82) is 0 Å². The van der Waals surface area contributed by atoms with Crippen LogP contribution >= 0.6 is 0 Å². The fourth-order valence-electron chi connectivity index (χ4n) is 3.61. The zero-order valence-electron chi connectivity index (χ0n) is 14.4. The Morgan fingerprint density at radius 2 is 2.10 bits per heavy atom. The van der Waals surface area contributed by atoms with Crippen LogP contribution < -0.4 is 5.32 Å². The molecule has 0 saturated heterocycles. The largest absolute Gasteiger partial charge is 0.314 e. The van der Waals surface area contributed by atoms with Crippen LogP contribution in [0, 0.1) is 11.3 Å². The molecule has 0 radical (unpaired) electrons. The predicted molar refractivity (Wildman–Crippen MR) is 89.3 cm³/mol. The van der Waals surface area contributed by atoms with E-state index in [0.717, 1.165) is 18.9 Å². The van der Waals surface area contributed by atoms with Gasteiger partial charge in [-0.1, -0.05) is 20.8 Å². The van der Waals surface area contributed by atoms with Crippen LogP contribution in [0.25, 0.3) is 0 Å². The first kappa shape index (κ1) is 16.5. The van der Waals surface area contributed by atoms with E-state index >= 15 is 0 Å². The summed E-state index contributed by atoms with van der Waals surface area (Å²) in [4.78, 5) is 0. The lowest BCUT2D eigenvalue weighted by Crippen LogP contribution is -2.40. The highest BCUT2D eigenvalue weighted by Gasteiger charge is 2.30. The number of aromatic nitrogens is 2. The lowest BCUT2D eigenvalue weighted by molar-refractivity contribution is 0.157. The molecule has 2 rings (SSSR count). The maximum absolute atomic E-state index is 4.28. The Hall–Kier alpha value is -0.830. The number of hydrogen-bond acceptors (Lipinski definition) is 2. The summed E-state index contributed by atoms with van der Waals surface area (Å²) in [7, 11) is 2.05. The topological polar surface area (TPSA) is 29.9 Å². The quantitative estimate of drug-likeness (QED) is 0.824. The summed E-state index contributed by atoms with van der Waals surface area (Å²) in [6, 6.07) is 2.83. The molecule has 21 heavy (non-hydrogen) atoms. The summed E-state index contributed by atoms with van der Waals surface area (Å²) in [5, 5.41) is 8.10. The van der Waals surface area contributed by atoms with Gasteiger partial charge in [0.15, 0.2) is 0 Å². The Morgan fingerprint density at radius 3 is 2.67 bits per heavy atom. The van der Waals surface area contributed by atoms with Crippen molar-refractivity contribution in [3.63, 3.8) is 0 Å². The van der Waals surface area contributed by atoms with E-state index in [1.54, 1.807) is 0 Å². The standard InChI is InChI=1S/C18H33N3/c1-5-13-19-17(7-6-16-10-14-20-21(16)4)15-8-11-18(2,3)12-9-15/h10,14-15,17,19H,5-9,11-13H2,1-4H3. The van der Waals surface area contributed by atoms with Gasteiger partial charge in [0.1, 0.15) is 0 Å². The van der Waals surface area contributed by atoms with Crippen molar-refractivity contribution in [3.8, 4) is 0 Å². The van der Waals surface area contributed by atoms with Crippen molar-refractivity contribution >= 4 is 0 Å². The van der Waals surface area contributed by atoms with Crippen LogP contribution in [-0.4, -0.2) is 22.4 Å². The number of nitrogens with one attached hydrogen (secondary N) is 1. The third-order valence-electron chi connectivity index (χ3n) is 5.24. The van der Waals surface area contributed by atoms with Crippen LogP contribution in [0.4, 0.5) is 0 Å². The van der Waals surface area contributed by atoms with Crippen LogP contribution in [0.15, 0.2) is 12.3 Å². The molecule has 1 aliphatic carbocycles. The second kappa shape index (κ2) is 7.44. The highest BCUT2D eigenvalue weighted by atomic mass is 15.2. The van der Waals surface area contributed by atoms with E-state index in [1.165, 1.54) is 44.2 Å². The number of hydrogen-bond donors (Lipinski definition) is 1. The Morgan fingerprint density at radius 1 is 1.38 bits per heavy atom. The van der Waals surface area contributed by atoms with Gasteiger partial charge in [-0.25, -0.2) is 0 Å². The van der Waals surface area contributed by atoms with Crippen LogP contribution in [0.1, 0.15) is 65.0 Å². The fraction of sp³-hybridized carbons (Fsp3) is 0.833. The van der Waals surface area contributed by atoms with Gasteiger partial charge in [0.25, 0.3) is 0 Å². The molecule has 0 aliphatic heterocycles. The van der Waals surface area contributed by atoms with Crippen molar-refractivity contribution in [3.05, 3.63) is 18.0 Å². The molecule has 1 aliphatic rings. The zero-order valence-corrected chi connectivity index (χ0v) is 14.4. The molecule has 1 aromatic heterocycles. The molecule has 1 unspecified atom stereocenters. The van der Waals surface area contributed by atoms with Crippen LogP contribution in [0.5, 0.6) is 0 Å². The first-order valence-electron chi connectivity index (χ1n) is 8.72. The molecule has 1 saturated carbocycles. The minimum Gasteiger partial charge on any atom is -0.314 e. The van der Waals surface area contributed by atoms with Gasteiger partial charge in [-0.05, 0) is 68.9 Å². The normalized spacial score (nSPS) is 20.6. The smallest absolute Gasteiger partial charge is 0.0492 e. The van der Waals surface area contributed by atoms with Crippen molar-refractivity contribution in [2.75, 3.05) is 6.54 Å². The third kappa shape index (κ3) is 4.84. The van der Waals surface area contributed by atoms with Crippen molar-refractivity contribution < 1.29 is 0 Å². The zero-order chi connectivity index (χ0) is 15.3. The number of nitrogens with zero attached hydrogens (tertiary/aromatic N) is 2. The summed E-state index contributed by atoms with van der Waals surface area (Å²) in [6.07, 6.45) is 11.1. The molecule has 0 bridgehead atoms. The molecular formula is C18H33N3. The third-order valence-corrected chi connectivity index (χ3v) is 5.24. The average Bonchev–Trinajstić information content (AvgIpc) is 2.85. The van der Waals surface area contributed by atoms with Crippen molar-refractivity contribution in [2.45, 2.75) is 71.8 Å². The first-order valence-corrected chi connectivity index (χ1v) is 8.72. The molecule has 1 aromatic rings. The van der Waals surface area contributed by atoms with Gasteiger partial charge in [-0.2, -0.15) is 5.10 Å². The highest BCUT2D eigenvalue weighted by molar-refractivity contribution is 5.01. The van der Waals surface area contributed by atoms with Gasteiger partial charge in [0.05, 0.1) is 0 Å². The van der Waals surface area contributed by atoms with Gasteiger partial charge in [-0.3, -0.25) is 4.68 Å². The van der Waals surface area contributed by atoms with Crippen molar-refractivity contribution in [2.24, 2.45) is 18.4 Å². The molecule has 3 nitrogen and oxygen atoms in total. The lowest BCUT2D eigenvalue weighted by Gasteiger charge is -2.38. The van der Waals surface area contributed by atoms with Gasteiger partial charge in [0.2, 0.25) is 0 Å². The summed E-state index contributed by atoms with van der Waals surface area (Å²) in [6.45, 7) is 8.26. The predicted octanol–water partition coefficient (Wildman–Crippen LogP) is 3.94. The molecule has 0 spiro atoms. The van der Waals surface area contributed by atoms with E-state index in [9.17, 15) is 0 Å². The molecule has 120 valence electrons. The lowest BCUT2D eigenvalue weighted by atomic mass is 9.70. The highest BCUT2D eigenvalue weighted by Crippen LogP contribution is 2.39. The summed E-state index contributed by atoms with van der Waals surface area (Å²) < 4.78 is 2.01. The van der Waals surface area contributed by atoms with E-state index in [1.807, 2.05) is 17.9 Å². The van der Waals surface area contributed by atoms with E-state index in [0.29, 0.717) is 11.5 Å². The first-order chi connectivity index (χ1) is 10.0. The minimum absolute atomic E-state index is 0.563. The van der Waals surface area contributed by atoms with Crippen LogP contribution in [0.3, 0.4) is 0 Å². The second-order valence-corrected chi connectivity index (χ2v) is 7.55. The maximum atomic E-state index is 4.28. The van der Waals surface area contributed by atoms with E-state index < -0.39 is 0 Å². The van der Waals surface area contributed by atoms with Gasteiger partial charge >= 0.3 is 0 Å². The van der Waals surface area contributed by atoms with Gasteiger partial charge < -0.3 is 5.32 Å². The summed E-state index contributed by atoms with van der Waals surface area (Å²) in [5.41, 5.74) is 1.92. The fourth-order valence-corrected chi connectivity index (χ4v) is 3.61. The number of rotatable bonds is 7. The average molecular weight is 291 g/mol. The molecule has 1 N–H and O–H groups in total. The number of aryl methyl sites for hydroxylation is 2. The van der Waals surface area contributed by atoms with E-state index in [-0.39, 0.29) is 0 Å². The van der Waals surface area contributed by atoms with E-state index in [4.69, 9.17) is 0 Å². The molecule has 3 heteroatoms. The Labute approximate surface area is 130 Å². The maximum Gasteiger partial charge on any atom is 0.0492 e. The SMILES string of the molecule is CCCNC(CCc1ccnn1C)C1CCC(C)(C)CC1. The Balaban J connectivity index is 1.90. The second-order valence-electron chi connectivity index (χ2n) is 7.55. The van der Waals surface area contributed by atoms with Crippen LogP contribution in [-0.2, 0) is 13.5 Å². The Bertz CT molecular complexity index is 412. The monoisotopic (exact) mass is 291 g/mol. The summed E-state index contributed by atoms with van der Waals surface area (Å²) in [5.74, 6) is 0.859. The molecule has 0 amide bonds. The molecule has 1 heterocycles. The van der Waals surface area contributed by atoms with Gasteiger partial charge in [0, 0.05) is 25.0 Å². The molecule has 1 atom stereocenters. The Kier molecular flexibility index (Phi) is 5.86. The summed E-state index contributed by atoms with van der Waals surface area (Å²) >= 11 is 0. The van der Waals surface area contributed by atoms with Gasteiger partial charge in [-0.15, -0.1) is 0 Å².